The Morgan fingerprint density at radius 3 is 2.62 bits per heavy atom. The number of hydrogen-bond donors (Lipinski definition) is 2. The number of amides is 2. The molecule has 128 valence electrons. The van der Waals surface area contributed by atoms with Gasteiger partial charge in [0.25, 0.3) is 5.91 Å². The highest BCUT2D eigenvalue weighted by molar-refractivity contribution is 7.14. The summed E-state index contributed by atoms with van der Waals surface area (Å²) in [4.78, 5) is 25.0. The van der Waals surface area contributed by atoms with Crippen molar-refractivity contribution in [1.29, 1.82) is 0 Å². The van der Waals surface area contributed by atoms with Gasteiger partial charge < -0.3 is 11.1 Å². The molecule has 5 nitrogen and oxygen atoms in total. The molecule has 1 aromatic carbocycles. The summed E-state index contributed by atoms with van der Waals surface area (Å²) in [5.41, 5.74) is 6.03. The third-order valence-electron chi connectivity index (χ3n) is 3.66. The first-order chi connectivity index (χ1) is 11.3. The summed E-state index contributed by atoms with van der Waals surface area (Å²) >= 11 is 1.20. The average Bonchev–Trinajstić information content (AvgIpc) is 2.97. The lowest BCUT2D eigenvalue weighted by Crippen LogP contribution is -2.32. The van der Waals surface area contributed by atoms with E-state index in [4.69, 9.17) is 5.73 Å². The van der Waals surface area contributed by atoms with Crippen molar-refractivity contribution in [3.05, 3.63) is 52.4 Å². The van der Waals surface area contributed by atoms with E-state index in [-0.39, 0.29) is 24.1 Å². The van der Waals surface area contributed by atoms with Gasteiger partial charge in [0.1, 0.15) is 5.00 Å². The first kappa shape index (κ1) is 18.0. The van der Waals surface area contributed by atoms with Crippen molar-refractivity contribution in [2.24, 2.45) is 5.73 Å². The van der Waals surface area contributed by atoms with E-state index in [1.807, 2.05) is 0 Å². The second-order valence-electron chi connectivity index (χ2n) is 5.34. The molecule has 0 unspecified atom stereocenters. The van der Waals surface area contributed by atoms with Gasteiger partial charge in [-0.25, -0.2) is 8.78 Å². The predicted molar refractivity (Wildman–Crippen MR) is 88.9 cm³/mol. The number of nitrogens with two attached hydrogens (primary N) is 1. The molecule has 1 atom stereocenters. The second-order valence-corrected chi connectivity index (χ2v) is 6.26. The molecule has 0 aliphatic heterocycles. The Morgan fingerprint density at radius 1 is 1.29 bits per heavy atom. The van der Waals surface area contributed by atoms with E-state index in [0.717, 1.165) is 12.1 Å². The maximum absolute atomic E-state index is 13.3. The normalized spacial score (nSPS) is 12.2. The Labute approximate surface area is 142 Å². The van der Waals surface area contributed by atoms with E-state index in [0.29, 0.717) is 10.6 Å². The van der Waals surface area contributed by atoms with E-state index in [1.54, 1.807) is 24.3 Å². The van der Waals surface area contributed by atoms with Crippen LogP contribution in [0.2, 0.25) is 0 Å². The number of rotatable bonds is 6. The molecule has 2 amide bonds. The molecule has 0 aliphatic carbocycles. The lowest BCUT2D eigenvalue weighted by atomic mass is 10.1. The molecular weight excluding hydrogens is 336 g/mol. The largest absolute Gasteiger partial charge is 0.366 e. The maximum atomic E-state index is 13.3. The third kappa shape index (κ3) is 4.15. The molecular formula is C16H17F2N3O2S. The molecule has 24 heavy (non-hydrogen) atoms. The van der Waals surface area contributed by atoms with Gasteiger partial charge >= 0.3 is 0 Å². The van der Waals surface area contributed by atoms with E-state index >= 15 is 0 Å². The summed E-state index contributed by atoms with van der Waals surface area (Å²) in [6, 6.07) is 4.88. The number of nitrogens with one attached hydrogen (secondary N) is 1. The minimum Gasteiger partial charge on any atom is -0.366 e. The Bertz CT molecular complexity index is 764. The van der Waals surface area contributed by atoms with Gasteiger partial charge in [-0.2, -0.15) is 0 Å². The zero-order valence-electron chi connectivity index (χ0n) is 13.2. The molecule has 0 bridgehead atoms. The van der Waals surface area contributed by atoms with Crippen molar-refractivity contribution >= 4 is 28.2 Å². The lowest BCUT2D eigenvalue weighted by molar-refractivity contribution is -0.117. The fraction of sp³-hybridized carbons (Fsp3) is 0.250. The molecule has 2 rings (SSSR count). The second kappa shape index (κ2) is 7.50. The average molecular weight is 353 g/mol. The lowest BCUT2D eigenvalue weighted by Gasteiger charge is -2.24. The van der Waals surface area contributed by atoms with Crippen molar-refractivity contribution in [2.75, 3.05) is 18.9 Å². The van der Waals surface area contributed by atoms with Gasteiger partial charge in [-0.05, 0) is 43.1 Å². The summed E-state index contributed by atoms with van der Waals surface area (Å²) < 4.78 is 26.3. The fourth-order valence-corrected chi connectivity index (χ4v) is 2.96. The molecule has 0 saturated heterocycles. The number of carbonyl (C=O) groups is 2. The van der Waals surface area contributed by atoms with Crippen LogP contribution in [0.25, 0.3) is 0 Å². The van der Waals surface area contributed by atoms with Gasteiger partial charge in [0.05, 0.1) is 12.1 Å². The molecule has 2 aromatic rings. The van der Waals surface area contributed by atoms with Gasteiger partial charge in [0.2, 0.25) is 5.91 Å². The monoisotopic (exact) mass is 353 g/mol. The number of primary amides is 1. The first-order valence-corrected chi connectivity index (χ1v) is 8.00. The van der Waals surface area contributed by atoms with E-state index in [9.17, 15) is 18.4 Å². The van der Waals surface area contributed by atoms with E-state index in [1.165, 1.54) is 23.5 Å². The predicted octanol–water partition coefficient (Wildman–Crippen LogP) is 2.76. The maximum Gasteiger partial charge on any atom is 0.251 e. The zero-order valence-corrected chi connectivity index (χ0v) is 14.0. The van der Waals surface area contributed by atoms with Crippen LogP contribution in [0, 0.1) is 11.6 Å². The first-order valence-electron chi connectivity index (χ1n) is 7.12. The number of thiophene rings is 1. The van der Waals surface area contributed by atoms with Crippen molar-refractivity contribution in [1.82, 2.24) is 4.90 Å². The number of hydrogen-bond acceptors (Lipinski definition) is 4. The minimum atomic E-state index is -0.929. The van der Waals surface area contributed by atoms with Crippen LogP contribution in [0.4, 0.5) is 13.8 Å². The van der Waals surface area contributed by atoms with Gasteiger partial charge in [-0.1, -0.05) is 6.07 Å². The van der Waals surface area contributed by atoms with Crippen molar-refractivity contribution in [3.8, 4) is 0 Å². The van der Waals surface area contributed by atoms with Gasteiger partial charge in [0, 0.05) is 6.04 Å². The molecule has 0 aliphatic rings. The Kier molecular flexibility index (Phi) is 5.63. The van der Waals surface area contributed by atoms with Crippen LogP contribution in [0.5, 0.6) is 0 Å². The number of likely N-dealkylation sites (N-methyl/N-ethyl adjacent to an activating group) is 1. The van der Waals surface area contributed by atoms with Crippen molar-refractivity contribution in [3.63, 3.8) is 0 Å². The molecule has 0 spiro atoms. The van der Waals surface area contributed by atoms with Crippen LogP contribution in [0.1, 0.15) is 28.9 Å². The SMILES string of the molecule is C[C@H](c1ccc(F)c(F)c1)N(C)CC(=O)Nc1sccc1C(N)=O. The molecule has 8 heteroatoms. The topological polar surface area (TPSA) is 75.4 Å². The highest BCUT2D eigenvalue weighted by Crippen LogP contribution is 2.24. The number of anilines is 1. The minimum absolute atomic E-state index is 0.0102. The highest BCUT2D eigenvalue weighted by Gasteiger charge is 2.18. The van der Waals surface area contributed by atoms with Gasteiger partial charge in [-0.15, -0.1) is 11.3 Å². The van der Waals surface area contributed by atoms with Crippen molar-refractivity contribution in [2.45, 2.75) is 13.0 Å². The smallest absolute Gasteiger partial charge is 0.251 e. The molecule has 0 radical (unpaired) electrons. The summed E-state index contributed by atoms with van der Waals surface area (Å²) in [6.45, 7) is 1.79. The molecule has 0 saturated carbocycles. The zero-order chi connectivity index (χ0) is 17.9. The Morgan fingerprint density at radius 2 is 2.00 bits per heavy atom. The molecule has 0 fully saturated rings. The number of halogens is 2. The fourth-order valence-electron chi connectivity index (χ4n) is 2.16. The summed E-state index contributed by atoms with van der Waals surface area (Å²) in [6.07, 6.45) is 0. The molecule has 1 aromatic heterocycles. The highest BCUT2D eigenvalue weighted by atomic mass is 32.1. The standard InChI is InChI=1S/C16H17F2N3O2S/c1-9(10-3-4-12(17)13(18)7-10)21(2)8-14(22)20-16-11(15(19)23)5-6-24-16/h3-7,9H,8H2,1-2H3,(H2,19,23)(H,20,22)/t9-/m1/s1. The van der Waals surface area contributed by atoms with Gasteiger partial charge in [0.15, 0.2) is 11.6 Å². The number of carbonyl (C=O) groups excluding carboxylic acids is 2. The molecule has 1 heterocycles. The quantitative estimate of drug-likeness (QED) is 0.838. The van der Waals surface area contributed by atoms with Crippen LogP contribution >= 0.6 is 11.3 Å². The number of benzene rings is 1. The van der Waals surface area contributed by atoms with Crippen LogP contribution in [-0.2, 0) is 4.79 Å². The van der Waals surface area contributed by atoms with Crippen molar-refractivity contribution < 1.29 is 18.4 Å². The van der Waals surface area contributed by atoms with Crippen LogP contribution in [0.15, 0.2) is 29.6 Å². The van der Waals surface area contributed by atoms with E-state index in [2.05, 4.69) is 5.32 Å². The Hall–Kier alpha value is -2.32. The summed E-state index contributed by atoms with van der Waals surface area (Å²) in [5.74, 6) is -2.79. The summed E-state index contributed by atoms with van der Waals surface area (Å²) in [5, 5.41) is 4.68. The van der Waals surface area contributed by atoms with E-state index < -0.39 is 17.5 Å². The van der Waals surface area contributed by atoms with Crippen LogP contribution in [-0.4, -0.2) is 30.3 Å². The van der Waals surface area contributed by atoms with Crippen LogP contribution in [0.3, 0.4) is 0 Å². The van der Waals surface area contributed by atoms with Crippen LogP contribution < -0.4 is 11.1 Å². The Balaban J connectivity index is 2.01. The third-order valence-corrected chi connectivity index (χ3v) is 4.49. The van der Waals surface area contributed by atoms with Gasteiger partial charge in [-0.3, -0.25) is 14.5 Å². The number of nitrogens with zero attached hydrogens (tertiary/aromatic N) is 1. The summed E-state index contributed by atoms with van der Waals surface area (Å²) in [7, 11) is 1.69. The molecule has 3 N–H and O–H groups in total.